The molecule has 8 nitrogen and oxygen atoms in total. The van der Waals surface area contributed by atoms with Crippen molar-refractivity contribution in [2.45, 2.75) is 19.4 Å². The number of aryl methyl sites for hydroxylation is 1. The average Bonchev–Trinajstić information content (AvgIpc) is 3.20. The molecule has 0 fully saturated rings. The van der Waals surface area contributed by atoms with Crippen molar-refractivity contribution in [1.29, 1.82) is 0 Å². The Bertz CT molecular complexity index is 1170. The van der Waals surface area contributed by atoms with Crippen molar-refractivity contribution < 1.29 is 19.1 Å². The van der Waals surface area contributed by atoms with Crippen LogP contribution in [0.4, 0.5) is 5.69 Å². The van der Waals surface area contributed by atoms with Crippen LogP contribution in [0.15, 0.2) is 47.3 Å². The predicted molar refractivity (Wildman–Crippen MR) is 106 cm³/mol. The summed E-state index contributed by atoms with van der Waals surface area (Å²) < 4.78 is 11.9. The van der Waals surface area contributed by atoms with Crippen molar-refractivity contribution in [2.75, 3.05) is 19.0 Å². The molecule has 0 spiro atoms. The summed E-state index contributed by atoms with van der Waals surface area (Å²) in [4.78, 5) is 41.4. The van der Waals surface area contributed by atoms with Gasteiger partial charge in [-0.3, -0.25) is 14.2 Å². The van der Waals surface area contributed by atoms with E-state index in [-0.39, 0.29) is 11.1 Å². The van der Waals surface area contributed by atoms with Gasteiger partial charge in [0.05, 0.1) is 23.6 Å². The minimum atomic E-state index is -0.657. The van der Waals surface area contributed by atoms with E-state index in [1.165, 1.54) is 19.2 Å². The lowest BCUT2D eigenvalue weighted by atomic mass is 10.1. The van der Waals surface area contributed by atoms with Gasteiger partial charge in [0.1, 0.15) is 11.6 Å². The fourth-order valence-electron chi connectivity index (χ4n) is 3.32. The van der Waals surface area contributed by atoms with Crippen molar-refractivity contribution >= 4 is 28.5 Å². The van der Waals surface area contributed by atoms with Crippen LogP contribution in [0.25, 0.3) is 10.9 Å². The minimum Gasteiger partial charge on any atom is -0.497 e. The van der Waals surface area contributed by atoms with Gasteiger partial charge in [0.15, 0.2) is 6.61 Å². The maximum absolute atomic E-state index is 12.5. The number of benzene rings is 2. The zero-order chi connectivity index (χ0) is 20.4. The van der Waals surface area contributed by atoms with Crippen LogP contribution in [-0.4, -0.2) is 35.1 Å². The quantitative estimate of drug-likeness (QED) is 0.667. The molecule has 0 unspecified atom stereocenters. The van der Waals surface area contributed by atoms with E-state index in [0.717, 1.165) is 18.7 Å². The Hall–Kier alpha value is -3.68. The number of anilines is 1. The highest BCUT2D eigenvalue weighted by atomic mass is 16.5. The summed E-state index contributed by atoms with van der Waals surface area (Å²) in [6.07, 6.45) is 1.63. The van der Waals surface area contributed by atoms with Crippen LogP contribution in [0.5, 0.6) is 5.75 Å². The smallest absolute Gasteiger partial charge is 0.338 e. The molecule has 1 aromatic heterocycles. The molecule has 0 radical (unpaired) electrons. The second kappa shape index (κ2) is 7.75. The van der Waals surface area contributed by atoms with Crippen LogP contribution in [0.1, 0.15) is 22.6 Å². The zero-order valence-electron chi connectivity index (χ0n) is 15.8. The summed E-state index contributed by atoms with van der Waals surface area (Å²) in [6, 6.07) is 11.5. The van der Waals surface area contributed by atoms with E-state index in [1.807, 2.05) is 0 Å². The first-order valence-corrected chi connectivity index (χ1v) is 9.19. The van der Waals surface area contributed by atoms with E-state index in [9.17, 15) is 14.4 Å². The zero-order valence-corrected chi connectivity index (χ0v) is 15.8. The lowest BCUT2D eigenvalue weighted by molar-refractivity contribution is -0.119. The first-order valence-electron chi connectivity index (χ1n) is 9.19. The van der Waals surface area contributed by atoms with Gasteiger partial charge in [-0.2, -0.15) is 0 Å². The van der Waals surface area contributed by atoms with Crippen LogP contribution < -0.4 is 15.6 Å². The number of fused-ring (bicyclic) bond motifs is 2. The number of esters is 1. The van der Waals surface area contributed by atoms with Crippen LogP contribution in [-0.2, 0) is 22.5 Å². The number of nitrogens with one attached hydrogen (secondary N) is 1. The number of nitrogens with zero attached hydrogens (tertiary/aromatic N) is 2. The molecule has 4 rings (SSSR count). The summed E-state index contributed by atoms with van der Waals surface area (Å²) in [5.74, 6) is 0.202. The van der Waals surface area contributed by atoms with Gasteiger partial charge in [-0.25, -0.2) is 9.78 Å². The maximum Gasteiger partial charge on any atom is 0.338 e. The lowest BCUT2D eigenvalue weighted by Crippen LogP contribution is -2.22. The van der Waals surface area contributed by atoms with Crippen molar-refractivity contribution in [3.63, 3.8) is 0 Å². The van der Waals surface area contributed by atoms with E-state index < -0.39 is 18.5 Å². The molecule has 29 heavy (non-hydrogen) atoms. The SMILES string of the molecule is COc1cccc(NC(=O)COC(=O)c2ccc3c(=O)n4c(nc3c2)CCC4)c1. The number of aromatic nitrogens is 2. The fourth-order valence-corrected chi connectivity index (χ4v) is 3.32. The average molecular weight is 393 g/mol. The molecule has 0 saturated heterocycles. The van der Waals surface area contributed by atoms with Gasteiger partial charge in [0.25, 0.3) is 11.5 Å². The van der Waals surface area contributed by atoms with E-state index in [1.54, 1.807) is 34.9 Å². The first kappa shape index (κ1) is 18.7. The standard InChI is InChI=1S/C21H19N3O5/c1-28-15-5-2-4-14(11-15)22-19(25)12-29-21(27)13-7-8-16-17(10-13)23-18-6-3-9-24(18)20(16)26/h2,4-5,7-8,10-11H,3,6,9,12H2,1H3,(H,22,25). The number of amides is 1. The summed E-state index contributed by atoms with van der Waals surface area (Å²) in [5.41, 5.74) is 1.13. The monoisotopic (exact) mass is 393 g/mol. The highest BCUT2D eigenvalue weighted by Gasteiger charge is 2.18. The number of rotatable bonds is 5. The van der Waals surface area contributed by atoms with Gasteiger partial charge in [-0.05, 0) is 36.8 Å². The Balaban J connectivity index is 1.44. The Morgan fingerprint density at radius 1 is 1.21 bits per heavy atom. The van der Waals surface area contributed by atoms with Gasteiger partial charge >= 0.3 is 5.97 Å². The Morgan fingerprint density at radius 3 is 2.90 bits per heavy atom. The molecular formula is C21H19N3O5. The molecule has 1 amide bonds. The van der Waals surface area contributed by atoms with Crippen LogP contribution in [0.3, 0.4) is 0 Å². The summed E-state index contributed by atoms with van der Waals surface area (Å²) in [7, 11) is 1.53. The summed E-state index contributed by atoms with van der Waals surface area (Å²) in [6.45, 7) is 0.234. The highest BCUT2D eigenvalue weighted by Crippen LogP contribution is 2.18. The molecule has 2 aromatic carbocycles. The van der Waals surface area contributed by atoms with Gasteiger partial charge in [0.2, 0.25) is 0 Å². The van der Waals surface area contributed by atoms with Crippen LogP contribution in [0.2, 0.25) is 0 Å². The van der Waals surface area contributed by atoms with Crippen molar-refractivity contribution in [1.82, 2.24) is 9.55 Å². The topological polar surface area (TPSA) is 99.5 Å². The third-order valence-electron chi connectivity index (χ3n) is 4.74. The summed E-state index contributed by atoms with van der Waals surface area (Å²) in [5, 5.41) is 3.10. The molecule has 1 aliphatic heterocycles. The number of hydrogen-bond acceptors (Lipinski definition) is 6. The molecule has 0 atom stereocenters. The molecule has 1 aliphatic rings. The number of methoxy groups -OCH3 is 1. The van der Waals surface area contributed by atoms with Crippen molar-refractivity contribution in [3.05, 3.63) is 64.2 Å². The van der Waals surface area contributed by atoms with E-state index in [2.05, 4.69) is 10.3 Å². The van der Waals surface area contributed by atoms with E-state index in [4.69, 9.17) is 9.47 Å². The van der Waals surface area contributed by atoms with Gasteiger partial charge in [-0.15, -0.1) is 0 Å². The second-order valence-electron chi connectivity index (χ2n) is 6.68. The molecule has 0 bridgehead atoms. The molecule has 1 N–H and O–H groups in total. The van der Waals surface area contributed by atoms with Crippen molar-refractivity contribution in [2.24, 2.45) is 0 Å². The highest BCUT2D eigenvalue weighted by molar-refractivity contribution is 5.97. The van der Waals surface area contributed by atoms with Crippen LogP contribution in [0, 0.1) is 0 Å². The Kier molecular flexibility index (Phi) is 4.99. The molecule has 2 heterocycles. The first-order chi connectivity index (χ1) is 14.0. The lowest BCUT2D eigenvalue weighted by Gasteiger charge is -2.09. The second-order valence-corrected chi connectivity index (χ2v) is 6.68. The molecule has 148 valence electrons. The van der Waals surface area contributed by atoms with E-state index >= 15 is 0 Å². The molecule has 0 aliphatic carbocycles. The number of hydrogen-bond donors (Lipinski definition) is 1. The molecule has 3 aromatic rings. The normalized spacial score (nSPS) is 12.4. The summed E-state index contributed by atoms with van der Waals surface area (Å²) >= 11 is 0. The number of carbonyl (C=O) groups is 2. The largest absolute Gasteiger partial charge is 0.497 e. The van der Waals surface area contributed by atoms with E-state index in [0.29, 0.717) is 28.9 Å². The number of carbonyl (C=O) groups excluding carboxylic acids is 2. The minimum absolute atomic E-state index is 0.0971. The fraction of sp³-hybridized carbons (Fsp3) is 0.238. The molecule has 8 heteroatoms. The number of ether oxygens (including phenoxy) is 2. The third kappa shape index (κ3) is 3.82. The Morgan fingerprint density at radius 2 is 2.07 bits per heavy atom. The van der Waals surface area contributed by atoms with Gasteiger partial charge < -0.3 is 14.8 Å². The third-order valence-corrected chi connectivity index (χ3v) is 4.74. The maximum atomic E-state index is 12.5. The van der Waals surface area contributed by atoms with Crippen molar-refractivity contribution in [3.8, 4) is 5.75 Å². The molecule has 0 saturated carbocycles. The van der Waals surface area contributed by atoms with Gasteiger partial charge in [-0.1, -0.05) is 6.07 Å². The Labute approximate surface area is 166 Å². The van der Waals surface area contributed by atoms with Gasteiger partial charge in [0, 0.05) is 24.7 Å². The molecular weight excluding hydrogens is 374 g/mol. The predicted octanol–water partition coefficient (Wildman–Crippen LogP) is 2.15. The van der Waals surface area contributed by atoms with Crippen LogP contribution >= 0.6 is 0 Å².